The minimum Gasteiger partial charge on any atom is -0.366 e. The van der Waals surface area contributed by atoms with E-state index in [-0.39, 0.29) is 11.2 Å². The summed E-state index contributed by atoms with van der Waals surface area (Å²) in [6, 6.07) is 0. The molecule has 3 rings (SSSR count). The Morgan fingerprint density at radius 1 is 1.20 bits per heavy atom. The second kappa shape index (κ2) is 3.46. The summed E-state index contributed by atoms with van der Waals surface area (Å²) >= 11 is 0. The predicted octanol–water partition coefficient (Wildman–Crippen LogP) is 2.48. The molecule has 1 spiro atoms. The van der Waals surface area contributed by atoms with Crippen molar-refractivity contribution in [3.8, 4) is 0 Å². The van der Waals surface area contributed by atoms with Gasteiger partial charge in [0.25, 0.3) is 0 Å². The van der Waals surface area contributed by atoms with E-state index < -0.39 is 0 Å². The predicted molar refractivity (Wildman–Crippen MR) is 60.9 cm³/mol. The van der Waals surface area contributed by atoms with Gasteiger partial charge in [-0.2, -0.15) is 0 Å². The van der Waals surface area contributed by atoms with Gasteiger partial charge in [-0.05, 0) is 32.1 Å². The number of rotatable bonds is 2. The van der Waals surface area contributed by atoms with E-state index in [0.29, 0.717) is 0 Å². The van der Waals surface area contributed by atoms with E-state index in [1.165, 1.54) is 44.9 Å². The molecule has 0 radical (unpaired) electrons. The third kappa shape index (κ3) is 2.07. The van der Waals surface area contributed by atoms with E-state index in [9.17, 15) is 0 Å². The van der Waals surface area contributed by atoms with Gasteiger partial charge < -0.3 is 10.1 Å². The van der Waals surface area contributed by atoms with Crippen LogP contribution in [-0.4, -0.2) is 24.3 Å². The zero-order valence-electron chi connectivity index (χ0n) is 9.85. The Bertz CT molecular complexity index is 243. The lowest BCUT2D eigenvalue weighted by Gasteiger charge is -2.46. The van der Waals surface area contributed by atoms with Crippen LogP contribution < -0.4 is 5.32 Å². The first-order chi connectivity index (χ1) is 7.20. The minimum absolute atomic E-state index is 0.129. The quantitative estimate of drug-likeness (QED) is 0.754. The molecule has 1 atom stereocenters. The van der Waals surface area contributed by atoms with Gasteiger partial charge >= 0.3 is 0 Å². The summed E-state index contributed by atoms with van der Waals surface area (Å²) in [7, 11) is 0. The zero-order chi connectivity index (χ0) is 10.4. The molecule has 0 bridgehead atoms. The van der Waals surface area contributed by atoms with Gasteiger partial charge in [0.15, 0.2) is 0 Å². The number of hydrogen-bond donors (Lipinski definition) is 1. The van der Waals surface area contributed by atoms with E-state index in [2.05, 4.69) is 12.2 Å². The number of morpholine rings is 1. The summed E-state index contributed by atoms with van der Waals surface area (Å²) in [6.45, 7) is 4.47. The Morgan fingerprint density at radius 3 is 2.60 bits per heavy atom. The Kier molecular flexibility index (Phi) is 2.33. The van der Waals surface area contributed by atoms with E-state index >= 15 is 0 Å². The average molecular weight is 209 g/mol. The first-order valence-corrected chi connectivity index (χ1v) is 6.61. The second-order valence-electron chi connectivity index (χ2n) is 6.19. The number of ether oxygens (including phenoxy) is 1. The Labute approximate surface area is 92.8 Å². The fourth-order valence-corrected chi connectivity index (χ4v) is 3.49. The molecule has 2 heteroatoms. The van der Waals surface area contributed by atoms with Crippen LogP contribution in [0, 0.1) is 5.92 Å². The number of nitrogens with one attached hydrogen (secondary N) is 1. The smallest absolute Gasteiger partial charge is 0.0814 e. The molecule has 0 amide bonds. The third-order valence-electron chi connectivity index (χ3n) is 4.34. The molecular formula is C13H23NO. The lowest BCUT2D eigenvalue weighted by molar-refractivity contribution is -0.171. The average Bonchev–Trinajstić information content (AvgIpc) is 2.86. The van der Waals surface area contributed by atoms with E-state index in [1.54, 1.807) is 0 Å². The summed E-state index contributed by atoms with van der Waals surface area (Å²) in [5, 5.41) is 3.62. The highest BCUT2D eigenvalue weighted by Gasteiger charge is 2.46. The van der Waals surface area contributed by atoms with Gasteiger partial charge in [0.2, 0.25) is 0 Å². The highest BCUT2D eigenvalue weighted by atomic mass is 16.5. The standard InChI is InChI=1S/C13H23NO/c1-12(8-11-4-5-11)9-14-10-13(15-12)6-2-3-7-13/h11,14H,2-10H2,1H3. The van der Waals surface area contributed by atoms with Gasteiger partial charge in [-0.25, -0.2) is 0 Å². The van der Waals surface area contributed by atoms with E-state index in [0.717, 1.165) is 19.0 Å². The Balaban J connectivity index is 1.68. The van der Waals surface area contributed by atoms with Crippen molar-refractivity contribution in [1.29, 1.82) is 0 Å². The third-order valence-corrected chi connectivity index (χ3v) is 4.34. The first-order valence-electron chi connectivity index (χ1n) is 6.61. The normalized spacial score (nSPS) is 39.8. The molecule has 0 aromatic heterocycles. The fourth-order valence-electron chi connectivity index (χ4n) is 3.49. The van der Waals surface area contributed by atoms with Crippen molar-refractivity contribution in [2.24, 2.45) is 5.92 Å². The van der Waals surface area contributed by atoms with E-state index in [4.69, 9.17) is 4.74 Å². The largest absolute Gasteiger partial charge is 0.366 e. The SMILES string of the molecule is CC1(CC2CC2)CNCC2(CCCC2)O1. The molecule has 3 aliphatic rings. The maximum atomic E-state index is 6.51. The lowest BCUT2D eigenvalue weighted by atomic mass is 9.91. The molecule has 1 heterocycles. The van der Waals surface area contributed by atoms with Crippen LogP contribution in [0.3, 0.4) is 0 Å². The van der Waals surface area contributed by atoms with Crippen molar-refractivity contribution >= 4 is 0 Å². The highest BCUT2D eigenvalue weighted by Crippen LogP contribution is 2.44. The molecule has 2 saturated carbocycles. The first kappa shape index (κ1) is 10.1. The van der Waals surface area contributed by atoms with Crippen LogP contribution in [-0.2, 0) is 4.74 Å². The monoisotopic (exact) mass is 209 g/mol. The minimum atomic E-state index is 0.129. The van der Waals surface area contributed by atoms with Crippen molar-refractivity contribution in [3.63, 3.8) is 0 Å². The molecule has 3 fully saturated rings. The summed E-state index contributed by atoms with van der Waals surface area (Å²) < 4.78 is 6.51. The van der Waals surface area contributed by atoms with Crippen LogP contribution in [0.4, 0.5) is 0 Å². The van der Waals surface area contributed by atoms with Gasteiger partial charge in [0.05, 0.1) is 11.2 Å². The maximum absolute atomic E-state index is 6.51. The summed E-state index contributed by atoms with van der Waals surface area (Å²) in [5.41, 5.74) is 0.339. The van der Waals surface area contributed by atoms with Crippen LogP contribution in [0.5, 0.6) is 0 Å². The zero-order valence-corrected chi connectivity index (χ0v) is 9.85. The van der Waals surface area contributed by atoms with Crippen LogP contribution in [0.1, 0.15) is 51.9 Å². The second-order valence-corrected chi connectivity index (χ2v) is 6.19. The van der Waals surface area contributed by atoms with Crippen LogP contribution in [0.2, 0.25) is 0 Å². The summed E-state index contributed by atoms with van der Waals surface area (Å²) in [6.07, 6.45) is 9.43. The van der Waals surface area contributed by atoms with Crippen molar-refractivity contribution in [1.82, 2.24) is 5.32 Å². The Morgan fingerprint density at radius 2 is 1.93 bits per heavy atom. The molecular weight excluding hydrogens is 186 g/mol. The Hall–Kier alpha value is -0.0800. The van der Waals surface area contributed by atoms with E-state index in [1.807, 2.05) is 0 Å². The summed E-state index contributed by atoms with van der Waals surface area (Å²) in [5.74, 6) is 0.966. The van der Waals surface area contributed by atoms with Crippen LogP contribution in [0.25, 0.3) is 0 Å². The topological polar surface area (TPSA) is 21.3 Å². The molecule has 1 N–H and O–H groups in total. The lowest BCUT2D eigenvalue weighted by Crippen LogP contribution is -2.58. The summed E-state index contributed by atoms with van der Waals surface area (Å²) in [4.78, 5) is 0. The molecule has 0 aromatic carbocycles. The molecule has 1 aliphatic heterocycles. The molecule has 86 valence electrons. The van der Waals surface area contributed by atoms with Crippen LogP contribution >= 0.6 is 0 Å². The van der Waals surface area contributed by atoms with Gasteiger partial charge in [-0.15, -0.1) is 0 Å². The fraction of sp³-hybridized carbons (Fsp3) is 1.00. The van der Waals surface area contributed by atoms with Crippen molar-refractivity contribution in [2.45, 2.75) is 63.1 Å². The van der Waals surface area contributed by atoms with Gasteiger partial charge in [-0.1, -0.05) is 25.7 Å². The van der Waals surface area contributed by atoms with Crippen molar-refractivity contribution in [2.75, 3.05) is 13.1 Å². The molecule has 2 nitrogen and oxygen atoms in total. The highest BCUT2D eigenvalue weighted by molar-refractivity contribution is 4.99. The molecule has 1 saturated heterocycles. The van der Waals surface area contributed by atoms with Gasteiger partial charge in [-0.3, -0.25) is 0 Å². The van der Waals surface area contributed by atoms with Gasteiger partial charge in [0, 0.05) is 13.1 Å². The molecule has 1 unspecified atom stereocenters. The molecule has 0 aromatic rings. The molecule has 2 aliphatic carbocycles. The molecule has 15 heavy (non-hydrogen) atoms. The van der Waals surface area contributed by atoms with Crippen LogP contribution in [0.15, 0.2) is 0 Å². The number of hydrogen-bond acceptors (Lipinski definition) is 2. The van der Waals surface area contributed by atoms with Gasteiger partial charge in [0.1, 0.15) is 0 Å². The maximum Gasteiger partial charge on any atom is 0.0814 e. The van der Waals surface area contributed by atoms with Crippen molar-refractivity contribution < 1.29 is 4.74 Å². The van der Waals surface area contributed by atoms with Crippen molar-refractivity contribution in [3.05, 3.63) is 0 Å².